The molecule has 3 atom stereocenters. The first-order valence-corrected chi connectivity index (χ1v) is 10.5. The van der Waals surface area contributed by atoms with Crippen molar-refractivity contribution >= 4 is 15.7 Å². The molecule has 7 nitrogen and oxygen atoms in total. The number of non-ortho nitro benzene ring substituents is 1. The highest BCUT2D eigenvalue weighted by Gasteiger charge is 2.37. The van der Waals surface area contributed by atoms with E-state index in [2.05, 4.69) is 17.1 Å². The van der Waals surface area contributed by atoms with Crippen LogP contribution < -0.4 is 0 Å². The smallest absolute Gasteiger partial charge is 0.269 e. The molecule has 26 heavy (non-hydrogen) atoms. The normalized spacial score (nSPS) is 29.3. The molecule has 4 rings (SSSR count). The number of sulfonamides is 1. The highest BCUT2D eigenvalue weighted by molar-refractivity contribution is 7.89. The van der Waals surface area contributed by atoms with Gasteiger partial charge >= 0.3 is 0 Å². The van der Waals surface area contributed by atoms with Gasteiger partial charge in [-0.05, 0) is 42.7 Å². The molecule has 2 bridgehead atoms. The summed E-state index contributed by atoms with van der Waals surface area (Å²) in [5, 5.41) is 10.7. The number of hydrogen-bond acceptors (Lipinski definition) is 5. The third-order valence-corrected chi connectivity index (χ3v) is 7.84. The van der Waals surface area contributed by atoms with E-state index in [1.807, 2.05) is 0 Å². The van der Waals surface area contributed by atoms with Crippen molar-refractivity contribution < 1.29 is 13.3 Å². The van der Waals surface area contributed by atoms with Gasteiger partial charge in [0.2, 0.25) is 10.0 Å². The summed E-state index contributed by atoms with van der Waals surface area (Å²) in [4.78, 5) is 12.7. The summed E-state index contributed by atoms with van der Waals surface area (Å²) in [5.41, 5.74) is -0.103. The fourth-order valence-corrected chi connectivity index (χ4v) is 5.90. The summed E-state index contributed by atoms with van der Waals surface area (Å²) in [6.07, 6.45) is 7.26. The third kappa shape index (κ3) is 3.28. The van der Waals surface area contributed by atoms with Gasteiger partial charge in [-0.2, -0.15) is 4.31 Å². The van der Waals surface area contributed by atoms with E-state index in [4.69, 9.17) is 0 Å². The first-order valence-electron chi connectivity index (χ1n) is 9.09. The summed E-state index contributed by atoms with van der Waals surface area (Å²) in [6.45, 7) is 3.47. The standard InChI is InChI=1S/C18H23N3O4S/c22-21(23)17-3-5-18(6-4-17)26(24,25)20-9-7-19(8-10-20)13-16-12-14-1-2-15(16)11-14/h1-6,14-16H,7-13H2/t14-,15-,16+/m1/s1. The second-order valence-electron chi connectivity index (χ2n) is 7.50. The lowest BCUT2D eigenvalue weighted by Gasteiger charge is -2.36. The summed E-state index contributed by atoms with van der Waals surface area (Å²) in [6, 6.07) is 5.13. The second-order valence-corrected chi connectivity index (χ2v) is 9.43. The summed E-state index contributed by atoms with van der Waals surface area (Å²) in [7, 11) is -3.59. The van der Waals surface area contributed by atoms with Crippen LogP contribution >= 0.6 is 0 Å². The molecule has 0 spiro atoms. The van der Waals surface area contributed by atoms with Crippen LogP contribution in [-0.4, -0.2) is 55.3 Å². The molecule has 3 aliphatic rings. The zero-order valence-corrected chi connectivity index (χ0v) is 15.3. The summed E-state index contributed by atoms with van der Waals surface area (Å²) >= 11 is 0. The van der Waals surface area contributed by atoms with Gasteiger partial charge < -0.3 is 4.90 Å². The van der Waals surface area contributed by atoms with Crippen LogP contribution in [0.25, 0.3) is 0 Å². The molecule has 1 saturated carbocycles. The molecule has 0 aromatic heterocycles. The molecule has 0 amide bonds. The van der Waals surface area contributed by atoms with E-state index in [0.29, 0.717) is 24.9 Å². The van der Waals surface area contributed by atoms with Gasteiger partial charge in [0, 0.05) is 44.9 Å². The highest BCUT2D eigenvalue weighted by atomic mass is 32.2. The van der Waals surface area contributed by atoms with Gasteiger partial charge in [-0.1, -0.05) is 12.2 Å². The number of nitrogens with zero attached hydrogens (tertiary/aromatic N) is 3. The molecule has 1 aromatic carbocycles. The molecule has 0 radical (unpaired) electrons. The number of piperazine rings is 1. The zero-order valence-electron chi connectivity index (χ0n) is 14.5. The second kappa shape index (κ2) is 6.75. The van der Waals surface area contributed by atoms with Crippen LogP contribution in [0.15, 0.2) is 41.3 Å². The van der Waals surface area contributed by atoms with Crippen LogP contribution in [0, 0.1) is 27.9 Å². The van der Waals surface area contributed by atoms with Crippen LogP contribution in [0.4, 0.5) is 5.69 Å². The minimum Gasteiger partial charge on any atom is -0.300 e. The molecule has 1 aromatic rings. The molecule has 2 fully saturated rings. The molecule has 140 valence electrons. The van der Waals surface area contributed by atoms with Gasteiger partial charge in [0.15, 0.2) is 0 Å². The predicted octanol–water partition coefficient (Wildman–Crippen LogP) is 2.11. The summed E-state index contributed by atoms with van der Waals surface area (Å²) < 4.78 is 27.0. The molecule has 1 aliphatic heterocycles. The fraction of sp³-hybridized carbons (Fsp3) is 0.556. The Balaban J connectivity index is 1.36. The Labute approximate surface area is 153 Å². The van der Waals surface area contributed by atoms with Crippen molar-refractivity contribution in [3.05, 3.63) is 46.5 Å². The Morgan fingerprint density at radius 2 is 1.73 bits per heavy atom. The predicted molar refractivity (Wildman–Crippen MR) is 97.1 cm³/mol. The molecule has 0 N–H and O–H groups in total. The number of rotatable bonds is 5. The minimum absolute atomic E-state index is 0.103. The quantitative estimate of drug-likeness (QED) is 0.446. The van der Waals surface area contributed by atoms with Crippen molar-refractivity contribution in [3.63, 3.8) is 0 Å². The van der Waals surface area contributed by atoms with Crippen molar-refractivity contribution in [2.45, 2.75) is 17.7 Å². The number of benzene rings is 1. The first-order chi connectivity index (χ1) is 12.4. The van der Waals surface area contributed by atoms with Gasteiger partial charge in [-0.15, -0.1) is 0 Å². The first kappa shape index (κ1) is 17.6. The maximum atomic E-state index is 12.8. The molecule has 0 unspecified atom stereocenters. The van der Waals surface area contributed by atoms with E-state index in [1.54, 1.807) is 0 Å². The largest absolute Gasteiger partial charge is 0.300 e. The maximum Gasteiger partial charge on any atom is 0.269 e. The maximum absolute atomic E-state index is 12.8. The monoisotopic (exact) mass is 377 g/mol. The number of nitro groups is 1. The molecule has 2 aliphatic carbocycles. The van der Waals surface area contributed by atoms with Crippen molar-refractivity contribution in [1.29, 1.82) is 0 Å². The van der Waals surface area contributed by atoms with Gasteiger partial charge in [0.1, 0.15) is 0 Å². The van der Waals surface area contributed by atoms with Crippen molar-refractivity contribution in [2.75, 3.05) is 32.7 Å². The average Bonchev–Trinajstić information content (AvgIpc) is 3.25. The number of fused-ring (bicyclic) bond motifs is 2. The van der Waals surface area contributed by atoms with Crippen molar-refractivity contribution in [3.8, 4) is 0 Å². The number of nitro benzene ring substituents is 1. The lowest BCUT2D eigenvalue weighted by molar-refractivity contribution is -0.384. The molecular formula is C18H23N3O4S. The Hall–Kier alpha value is -1.77. The van der Waals surface area contributed by atoms with E-state index in [0.717, 1.165) is 25.6 Å². The van der Waals surface area contributed by atoms with Gasteiger partial charge in [-0.25, -0.2) is 8.42 Å². The molecular weight excluding hydrogens is 354 g/mol. The molecule has 1 saturated heterocycles. The highest BCUT2D eigenvalue weighted by Crippen LogP contribution is 2.43. The molecule has 8 heteroatoms. The Morgan fingerprint density at radius 1 is 1.04 bits per heavy atom. The van der Waals surface area contributed by atoms with E-state index >= 15 is 0 Å². The van der Waals surface area contributed by atoms with Crippen LogP contribution in [0.5, 0.6) is 0 Å². The Kier molecular flexibility index (Phi) is 4.58. The zero-order chi connectivity index (χ0) is 18.3. The van der Waals surface area contributed by atoms with Gasteiger partial charge in [0.05, 0.1) is 9.82 Å². The van der Waals surface area contributed by atoms with E-state index < -0.39 is 14.9 Å². The number of allylic oxidation sites excluding steroid dienone is 2. The van der Waals surface area contributed by atoms with Gasteiger partial charge in [-0.3, -0.25) is 10.1 Å². The lowest BCUT2D eigenvalue weighted by Crippen LogP contribution is -2.49. The Morgan fingerprint density at radius 3 is 2.27 bits per heavy atom. The third-order valence-electron chi connectivity index (χ3n) is 5.93. The van der Waals surface area contributed by atoms with E-state index in [9.17, 15) is 18.5 Å². The van der Waals surface area contributed by atoms with Crippen LogP contribution in [0.3, 0.4) is 0 Å². The van der Waals surface area contributed by atoms with Crippen molar-refractivity contribution in [2.24, 2.45) is 17.8 Å². The van der Waals surface area contributed by atoms with Gasteiger partial charge in [0.25, 0.3) is 5.69 Å². The summed E-state index contributed by atoms with van der Waals surface area (Å²) in [5.74, 6) is 2.18. The lowest BCUT2D eigenvalue weighted by atomic mass is 9.93. The fourth-order valence-electron chi connectivity index (χ4n) is 4.48. The van der Waals surface area contributed by atoms with Crippen LogP contribution in [-0.2, 0) is 10.0 Å². The Bertz CT molecular complexity index is 813. The van der Waals surface area contributed by atoms with Crippen LogP contribution in [0.1, 0.15) is 12.8 Å². The SMILES string of the molecule is O=[N+]([O-])c1ccc(S(=O)(=O)N2CCN(C[C@@H]3C[C@@H]4C=C[C@@H]3C4)CC2)cc1. The van der Waals surface area contributed by atoms with E-state index in [1.165, 1.54) is 41.4 Å². The topological polar surface area (TPSA) is 83.8 Å². The number of hydrogen-bond donors (Lipinski definition) is 0. The molecule has 1 heterocycles. The van der Waals surface area contributed by atoms with Crippen molar-refractivity contribution in [1.82, 2.24) is 9.21 Å². The average molecular weight is 377 g/mol. The van der Waals surface area contributed by atoms with Crippen LogP contribution in [0.2, 0.25) is 0 Å². The van der Waals surface area contributed by atoms with E-state index in [-0.39, 0.29) is 10.6 Å². The minimum atomic E-state index is -3.59.